The molecule has 6 heteroatoms. The molecule has 0 fully saturated rings. The van der Waals surface area contributed by atoms with Crippen LogP contribution in [0.4, 0.5) is 0 Å². The van der Waals surface area contributed by atoms with Crippen molar-refractivity contribution in [3.8, 4) is 0 Å². The van der Waals surface area contributed by atoms with Crippen LogP contribution in [-0.4, -0.2) is 15.5 Å². The van der Waals surface area contributed by atoms with Gasteiger partial charge in [-0.05, 0) is 24.4 Å². The van der Waals surface area contributed by atoms with Crippen molar-refractivity contribution in [2.24, 2.45) is 5.73 Å². The van der Waals surface area contributed by atoms with Crippen LogP contribution in [0, 0.1) is 4.77 Å². The van der Waals surface area contributed by atoms with E-state index in [1.807, 2.05) is 6.07 Å². The number of fused-ring (bicyclic) bond motifs is 1. The molecule has 2 aromatic rings. The van der Waals surface area contributed by atoms with Crippen LogP contribution in [0.3, 0.4) is 0 Å². The van der Waals surface area contributed by atoms with E-state index in [0.717, 1.165) is 0 Å². The summed E-state index contributed by atoms with van der Waals surface area (Å²) < 4.78 is 1.65. The van der Waals surface area contributed by atoms with E-state index in [4.69, 9.17) is 18.0 Å². The Labute approximate surface area is 102 Å². The van der Waals surface area contributed by atoms with Crippen LogP contribution in [0.5, 0.6) is 0 Å². The predicted octanol–water partition coefficient (Wildman–Crippen LogP) is 0.934. The first-order chi connectivity index (χ1) is 8.09. The number of hydrogen-bond donors (Lipinski definition) is 2. The Kier molecular flexibility index (Phi) is 3.06. The lowest BCUT2D eigenvalue weighted by Gasteiger charge is -2.06. The van der Waals surface area contributed by atoms with Gasteiger partial charge in [-0.25, -0.2) is 0 Å². The highest BCUT2D eigenvalue weighted by Crippen LogP contribution is 2.05. The number of aromatic amines is 1. The lowest BCUT2D eigenvalue weighted by atomic mass is 10.2. The molecular formula is C11H11N3O2S. The van der Waals surface area contributed by atoms with Crippen molar-refractivity contribution in [1.82, 2.24) is 9.55 Å². The van der Waals surface area contributed by atoms with Gasteiger partial charge in [0.25, 0.3) is 5.56 Å². The van der Waals surface area contributed by atoms with Gasteiger partial charge in [0.15, 0.2) is 4.77 Å². The fraction of sp³-hybridized carbons (Fsp3) is 0.182. The van der Waals surface area contributed by atoms with Crippen LogP contribution in [-0.2, 0) is 11.3 Å². The van der Waals surface area contributed by atoms with Gasteiger partial charge < -0.3 is 10.7 Å². The number of carbonyl (C=O) groups is 1. The van der Waals surface area contributed by atoms with Crippen LogP contribution in [0.1, 0.15) is 6.42 Å². The summed E-state index contributed by atoms with van der Waals surface area (Å²) in [5.74, 6) is -0.459. The summed E-state index contributed by atoms with van der Waals surface area (Å²) in [6.45, 7) is 0.203. The highest BCUT2D eigenvalue weighted by Gasteiger charge is 2.05. The van der Waals surface area contributed by atoms with Gasteiger partial charge >= 0.3 is 0 Å². The standard InChI is InChI=1S/C11H11N3O2S/c12-9(15)5-6-14-10(16)7-3-1-2-4-8(7)13-11(14)17/h1-4H,5-6H2,(H2,12,15)(H,13,17). The van der Waals surface area contributed by atoms with Crippen molar-refractivity contribution in [2.45, 2.75) is 13.0 Å². The van der Waals surface area contributed by atoms with Crippen LogP contribution < -0.4 is 11.3 Å². The van der Waals surface area contributed by atoms with Gasteiger partial charge in [-0.3, -0.25) is 14.2 Å². The quantitative estimate of drug-likeness (QED) is 0.794. The third-order valence-corrected chi connectivity index (χ3v) is 2.79. The number of nitrogens with two attached hydrogens (primary N) is 1. The van der Waals surface area contributed by atoms with Crippen molar-refractivity contribution in [1.29, 1.82) is 0 Å². The fourth-order valence-corrected chi connectivity index (χ4v) is 1.91. The molecule has 1 heterocycles. The van der Waals surface area contributed by atoms with Crippen molar-refractivity contribution >= 4 is 29.0 Å². The third kappa shape index (κ3) is 2.26. The second-order valence-electron chi connectivity index (χ2n) is 3.65. The van der Waals surface area contributed by atoms with Gasteiger partial charge in [-0.1, -0.05) is 12.1 Å². The first-order valence-electron chi connectivity index (χ1n) is 5.10. The minimum absolute atomic E-state index is 0.0930. The molecule has 1 amide bonds. The van der Waals surface area contributed by atoms with E-state index in [-0.39, 0.29) is 18.5 Å². The SMILES string of the molecule is NC(=O)CCn1c(=S)[nH]c2ccccc2c1=O. The van der Waals surface area contributed by atoms with Gasteiger partial charge in [0.1, 0.15) is 0 Å². The maximum absolute atomic E-state index is 12.1. The molecule has 1 aromatic heterocycles. The lowest BCUT2D eigenvalue weighted by Crippen LogP contribution is -2.25. The molecule has 0 saturated carbocycles. The summed E-state index contributed by atoms with van der Waals surface area (Å²) >= 11 is 5.07. The maximum Gasteiger partial charge on any atom is 0.262 e. The molecule has 5 nitrogen and oxygen atoms in total. The Morgan fingerprint density at radius 2 is 2.12 bits per heavy atom. The topological polar surface area (TPSA) is 80.9 Å². The van der Waals surface area contributed by atoms with Gasteiger partial charge in [-0.2, -0.15) is 0 Å². The summed E-state index contributed by atoms with van der Waals surface area (Å²) in [5, 5.41) is 0.547. The number of hydrogen-bond acceptors (Lipinski definition) is 3. The van der Waals surface area contributed by atoms with Crippen LogP contribution in [0.15, 0.2) is 29.1 Å². The van der Waals surface area contributed by atoms with E-state index < -0.39 is 5.91 Å². The molecule has 0 atom stereocenters. The maximum atomic E-state index is 12.1. The number of benzene rings is 1. The van der Waals surface area contributed by atoms with Gasteiger partial charge in [0, 0.05) is 13.0 Å². The average Bonchev–Trinajstić information content (AvgIpc) is 2.28. The second kappa shape index (κ2) is 4.50. The van der Waals surface area contributed by atoms with E-state index in [0.29, 0.717) is 15.7 Å². The van der Waals surface area contributed by atoms with Crippen LogP contribution in [0.2, 0.25) is 0 Å². The van der Waals surface area contributed by atoms with E-state index in [1.165, 1.54) is 4.57 Å². The molecule has 0 aliphatic rings. The molecule has 88 valence electrons. The molecule has 0 aliphatic carbocycles. The zero-order valence-corrected chi connectivity index (χ0v) is 9.79. The highest BCUT2D eigenvalue weighted by molar-refractivity contribution is 7.71. The molecule has 2 rings (SSSR count). The number of primary amides is 1. The summed E-state index contributed by atoms with van der Waals surface area (Å²) in [5.41, 5.74) is 5.54. The molecule has 3 N–H and O–H groups in total. The predicted molar refractivity (Wildman–Crippen MR) is 67.2 cm³/mol. The number of para-hydroxylation sites is 1. The second-order valence-corrected chi connectivity index (χ2v) is 4.04. The van der Waals surface area contributed by atoms with E-state index in [2.05, 4.69) is 4.98 Å². The first-order valence-corrected chi connectivity index (χ1v) is 5.50. The molecule has 17 heavy (non-hydrogen) atoms. The first kappa shape index (κ1) is 11.5. The largest absolute Gasteiger partial charge is 0.370 e. The lowest BCUT2D eigenvalue weighted by molar-refractivity contribution is -0.118. The number of amides is 1. The smallest absolute Gasteiger partial charge is 0.262 e. The monoisotopic (exact) mass is 249 g/mol. The normalized spacial score (nSPS) is 10.6. The number of rotatable bonds is 3. The highest BCUT2D eigenvalue weighted by atomic mass is 32.1. The minimum Gasteiger partial charge on any atom is -0.370 e. The Balaban J connectivity index is 2.60. The molecule has 0 unspecified atom stereocenters. The third-order valence-electron chi connectivity index (χ3n) is 2.47. The van der Waals surface area contributed by atoms with Crippen molar-refractivity contribution in [3.05, 3.63) is 39.4 Å². The van der Waals surface area contributed by atoms with Gasteiger partial charge in [-0.15, -0.1) is 0 Å². The molecule has 0 bridgehead atoms. The molecule has 0 radical (unpaired) electrons. The van der Waals surface area contributed by atoms with Crippen LogP contribution in [0.25, 0.3) is 10.9 Å². The van der Waals surface area contributed by atoms with E-state index in [9.17, 15) is 9.59 Å². The van der Waals surface area contributed by atoms with Gasteiger partial charge in [0.05, 0.1) is 10.9 Å². The van der Waals surface area contributed by atoms with Crippen molar-refractivity contribution in [3.63, 3.8) is 0 Å². The van der Waals surface area contributed by atoms with Crippen molar-refractivity contribution < 1.29 is 4.79 Å². The number of carbonyl (C=O) groups excluding carboxylic acids is 1. The Hall–Kier alpha value is -1.95. The summed E-state index contributed by atoms with van der Waals surface area (Å²) in [6.07, 6.45) is 0.0930. The van der Waals surface area contributed by atoms with Crippen LogP contribution >= 0.6 is 12.2 Å². The summed E-state index contributed by atoms with van der Waals surface area (Å²) in [6, 6.07) is 7.09. The summed E-state index contributed by atoms with van der Waals surface area (Å²) in [4.78, 5) is 25.8. The Morgan fingerprint density at radius 3 is 2.82 bits per heavy atom. The zero-order valence-electron chi connectivity index (χ0n) is 8.97. The number of H-pyrrole nitrogens is 1. The van der Waals surface area contributed by atoms with E-state index >= 15 is 0 Å². The van der Waals surface area contributed by atoms with Gasteiger partial charge in [0.2, 0.25) is 5.91 Å². The Morgan fingerprint density at radius 1 is 1.41 bits per heavy atom. The van der Waals surface area contributed by atoms with Crippen molar-refractivity contribution in [2.75, 3.05) is 0 Å². The molecule has 0 saturated heterocycles. The fourth-order valence-electron chi connectivity index (χ4n) is 1.62. The average molecular weight is 249 g/mol. The summed E-state index contributed by atoms with van der Waals surface area (Å²) in [7, 11) is 0. The minimum atomic E-state index is -0.459. The molecule has 0 aliphatic heterocycles. The number of aromatic nitrogens is 2. The number of nitrogens with one attached hydrogen (secondary N) is 1. The van der Waals surface area contributed by atoms with E-state index in [1.54, 1.807) is 18.2 Å². The number of nitrogens with zero attached hydrogens (tertiary/aromatic N) is 1. The Bertz CT molecular complexity index is 687. The molecular weight excluding hydrogens is 238 g/mol. The molecule has 1 aromatic carbocycles. The zero-order chi connectivity index (χ0) is 12.4. The molecule has 0 spiro atoms.